The Balaban J connectivity index is 1.39. The highest BCUT2D eigenvalue weighted by Crippen LogP contribution is 2.37. The van der Waals surface area contributed by atoms with E-state index < -0.39 is 8.32 Å². The van der Waals surface area contributed by atoms with E-state index in [0.29, 0.717) is 19.1 Å². The molecule has 172 valence electrons. The maximum atomic E-state index is 12.1. The summed E-state index contributed by atoms with van der Waals surface area (Å²) in [6.45, 7) is 14.0. The summed E-state index contributed by atoms with van der Waals surface area (Å²) in [6.07, 6.45) is 1.91. The molecule has 0 saturated heterocycles. The van der Waals surface area contributed by atoms with Crippen molar-refractivity contribution in [3.63, 3.8) is 0 Å². The van der Waals surface area contributed by atoms with Crippen LogP contribution < -0.4 is 10.6 Å². The highest BCUT2D eigenvalue weighted by molar-refractivity contribution is 6.74. The van der Waals surface area contributed by atoms with Crippen LogP contribution in [-0.4, -0.2) is 27.0 Å². The average molecular weight is 453 g/mol. The Bertz CT molecular complexity index is 971. The minimum Gasteiger partial charge on any atom is -0.465 e. The fourth-order valence-electron chi connectivity index (χ4n) is 3.40. The largest absolute Gasteiger partial charge is 0.465 e. The fraction of sp³-hybridized carbons (Fsp3) is 0.500. The Hall–Kier alpha value is -2.49. The van der Waals surface area contributed by atoms with Crippen LogP contribution in [0.15, 0.2) is 40.8 Å². The molecule has 1 aromatic heterocycles. The quantitative estimate of drug-likeness (QED) is 0.436. The first-order valence-electron chi connectivity index (χ1n) is 11.4. The molecule has 0 radical (unpaired) electrons. The van der Waals surface area contributed by atoms with E-state index in [2.05, 4.69) is 80.6 Å². The van der Waals surface area contributed by atoms with Gasteiger partial charge in [0.1, 0.15) is 11.5 Å². The van der Waals surface area contributed by atoms with Gasteiger partial charge in [0, 0.05) is 11.6 Å². The Kier molecular flexibility index (Phi) is 7.53. The van der Waals surface area contributed by atoms with Gasteiger partial charge in [-0.1, -0.05) is 44.7 Å². The third-order valence-corrected chi connectivity index (χ3v) is 11.1. The molecule has 2 amide bonds. The van der Waals surface area contributed by atoms with Crippen LogP contribution in [0.2, 0.25) is 18.1 Å². The van der Waals surface area contributed by atoms with Gasteiger partial charge in [-0.2, -0.15) is 0 Å². The number of urea groups is 1. The molecular formula is C26H36N2O3Si. The molecule has 1 heterocycles. The number of hydrogen-bond donors (Lipinski definition) is 2. The number of nitrogens with one attached hydrogen (secondary N) is 2. The Morgan fingerprint density at radius 1 is 1.16 bits per heavy atom. The number of hydrogen-bond acceptors (Lipinski definition) is 3. The van der Waals surface area contributed by atoms with Crippen LogP contribution in [0.4, 0.5) is 4.79 Å². The predicted octanol–water partition coefficient (Wildman–Crippen LogP) is 5.71. The SMILES string of the molecule is Cc1ccc(CNC(=O)NC2CC(c3ccc(C#CCO[Si](C)(C)C(C)(C)C)cc3)C2)o1. The summed E-state index contributed by atoms with van der Waals surface area (Å²) in [6, 6.07) is 12.3. The van der Waals surface area contributed by atoms with E-state index in [4.69, 9.17) is 8.84 Å². The van der Waals surface area contributed by atoms with Gasteiger partial charge in [0.2, 0.25) is 0 Å². The fourth-order valence-corrected chi connectivity index (χ4v) is 4.27. The molecule has 1 saturated carbocycles. The molecule has 0 spiro atoms. The minimum absolute atomic E-state index is 0.145. The van der Waals surface area contributed by atoms with Crippen LogP contribution in [0, 0.1) is 18.8 Å². The summed E-state index contributed by atoms with van der Waals surface area (Å²) in [7, 11) is -1.75. The summed E-state index contributed by atoms with van der Waals surface area (Å²) in [4.78, 5) is 12.1. The zero-order valence-corrected chi connectivity index (χ0v) is 21.2. The molecule has 3 rings (SSSR count). The van der Waals surface area contributed by atoms with Gasteiger partial charge in [-0.25, -0.2) is 4.79 Å². The van der Waals surface area contributed by atoms with Crippen LogP contribution in [0.5, 0.6) is 0 Å². The van der Waals surface area contributed by atoms with Gasteiger partial charge in [-0.05, 0) is 73.6 Å². The van der Waals surface area contributed by atoms with Crippen LogP contribution in [0.1, 0.15) is 62.2 Å². The molecule has 32 heavy (non-hydrogen) atoms. The highest BCUT2D eigenvalue weighted by atomic mass is 28.4. The maximum Gasteiger partial charge on any atom is 0.315 e. The third-order valence-electron chi connectivity index (χ3n) is 6.62. The second-order valence-electron chi connectivity index (χ2n) is 10.2. The Morgan fingerprint density at radius 3 is 2.44 bits per heavy atom. The lowest BCUT2D eigenvalue weighted by molar-refractivity contribution is 0.221. The second-order valence-corrected chi connectivity index (χ2v) is 15.0. The van der Waals surface area contributed by atoms with Crippen molar-refractivity contribution < 1.29 is 13.6 Å². The molecule has 1 aliphatic rings. The molecule has 1 aromatic carbocycles. The lowest BCUT2D eigenvalue weighted by Gasteiger charge is -2.36. The molecule has 0 atom stereocenters. The van der Waals surface area contributed by atoms with E-state index in [1.54, 1.807) is 0 Å². The summed E-state index contributed by atoms with van der Waals surface area (Å²) in [5, 5.41) is 6.08. The molecule has 5 nitrogen and oxygen atoms in total. The maximum absolute atomic E-state index is 12.1. The summed E-state index contributed by atoms with van der Waals surface area (Å²) in [5.41, 5.74) is 2.31. The first-order valence-corrected chi connectivity index (χ1v) is 14.3. The second kappa shape index (κ2) is 9.97. The topological polar surface area (TPSA) is 63.5 Å². The smallest absolute Gasteiger partial charge is 0.315 e. The Labute approximate surface area is 193 Å². The van der Waals surface area contributed by atoms with Crippen molar-refractivity contribution in [2.24, 2.45) is 0 Å². The van der Waals surface area contributed by atoms with Crippen molar-refractivity contribution >= 4 is 14.3 Å². The standard InChI is InChI=1S/C26H36N2O3Si/c1-19-9-14-24(31-19)18-27-25(29)28-23-16-22(17-23)21-12-10-20(11-13-21)8-7-15-30-32(5,6)26(2,3)4/h9-14,22-23H,15-18H2,1-6H3,(H2,27,28,29). The minimum atomic E-state index is -1.75. The zero-order valence-electron chi connectivity index (χ0n) is 20.2. The predicted molar refractivity (Wildman–Crippen MR) is 131 cm³/mol. The Morgan fingerprint density at radius 2 is 1.84 bits per heavy atom. The number of aryl methyl sites for hydroxylation is 1. The first kappa shape index (κ1) is 24.2. The van der Waals surface area contributed by atoms with Crippen molar-refractivity contribution in [3.05, 3.63) is 59.0 Å². The molecule has 0 aliphatic heterocycles. The van der Waals surface area contributed by atoms with Gasteiger partial charge in [0.15, 0.2) is 8.32 Å². The number of furan rings is 1. The van der Waals surface area contributed by atoms with Crippen molar-refractivity contribution in [2.45, 2.75) is 77.2 Å². The highest BCUT2D eigenvalue weighted by Gasteiger charge is 2.36. The van der Waals surface area contributed by atoms with Crippen LogP contribution in [-0.2, 0) is 11.0 Å². The van der Waals surface area contributed by atoms with Crippen molar-refractivity contribution in [1.29, 1.82) is 0 Å². The third kappa shape index (κ3) is 6.51. The van der Waals surface area contributed by atoms with Gasteiger partial charge in [-0.15, -0.1) is 0 Å². The number of amides is 2. The van der Waals surface area contributed by atoms with E-state index in [9.17, 15) is 4.79 Å². The van der Waals surface area contributed by atoms with E-state index in [0.717, 1.165) is 29.9 Å². The van der Waals surface area contributed by atoms with E-state index in [1.807, 2.05) is 19.1 Å². The summed E-state index contributed by atoms with van der Waals surface area (Å²) >= 11 is 0. The molecular weight excluding hydrogens is 416 g/mol. The van der Waals surface area contributed by atoms with Gasteiger partial charge in [0.25, 0.3) is 0 Å². The number of rotatable bonds is 6. The van der Waals surface area contributed by atoms with Crippen molar-refractivity contribution in [1.82, 2.24) is 10.6 Å². The van der Waals surface area contributed by atoms with Gasteiger partial charge < -0.3 is 19.5 Å². The zero-order chi connectivity index (χ0) is 23.4. The molecule has 0 unspecified atom stereocenters. The van der Waals surface area contributed by atoms with E-state index in [-0.39, 0.29) is 17.1 Å². The van der Waals surface area contributed by atoms with Gasteiger partial charge in [-0.3, -0.25) is 0 Å². The number of carbonyl (C=O) groups excluding carboxylic acids is 1. The molecule has 1 fully saturated rings. The van der Waals surface area contributed by atoms with Crippen LogP contribution in [0.25, 0.3) is 0 Å². The summed E-state index contributed by atoms with van der Waals surface area (Å²) in [5.74, 6) is 8.46. The molecule has 1 aliphatic carbocycles. The number of carbonyl (C=O) groups is 1. The lowest BCUT2D eigenvalue weighted by atomic mass is 9.76. The molecule has 0 bridgehead atoms. The van der Waals surface area contributed by atoms with E-state index in [1.165, 1.54) is 5.56 Å². The average Bonchev–Trinajstić information content (AvgIpc) is 3.11. The van der Waals surface area contributed by atoms with Crippen molar-refractivity contribution in [3.8, 4) is 11.8 Å². The van der Waals surface area contributed by atoms with Crippen molar-refractivity contribution in [2.75, 3.05) is 6.61 Å². The van der Waals surface area contributed by atoms with E-state index >= 15 is 0 Å². The van der Waals surface area contributed by atoms with Gasteiger partial charge >= 0.3 is 6.03 Å². The number of benzene rings is 1. The van der Waals surface area contributed by atoms with Gasteiger partial charge in [0.05, 0.1) is 13.2 Å². The lowest BCUT2D eigenvalue weighted by Crippen LogP contribution is -2.47. The first-order chi connectivity index (χ1) is 15.0. The molecule has 6 heteroatoms. The summed E-state index contributed by atoms with van der Waals surface area (Å²) < 4.78 is 11.6. The monoisotopic (exact) mass is 452 g/mol. The normalized spacial score (nSPS) is 18.3. The van der Waals surface area contributed by atoms with Crippen LogP contribution in [0.3, 0.4) is 0 Å². The molecule has 2 N–H and O–H groups in total. The van der Waals surface area contributed by atoms with Crippen LogP contribution >= 0.6 is 0 Å². The molecule has 2 aromatic rings.